The lowest BCUT2D eigenvalue weighted by molar-refractivity contribution is 0.0675. The number of nitrogens with zero attached hydrogens (tertiary/aromatic N) is 8. The maximum Gasteiger partial charge on any atom is 0.337 e. The number of rotatable bonds is 26. The normalized spacial score (nSPS) is 11.0. The molecule has 0 radical (unpaired) electrons. The maximum absolute atomic E-state index is 13.5. The minimum Gasteiger partial charge on any atom is -0.503 e. The van der Waals surface area contributed by atoms with Crippen molar-refractivity contribution in [3.8, 4) is 17.8 Å². The molecule has 28 heteroatoms. The summed E-state index contributed by atoms with van der Waals surface area (Å²) in [6.45, 7) is 9.82. The highest BCUT2D eigenvalue weighted by atomic mass is 16.4. The van der Waals surface area contributed by atoms with Crippen molar-refractivity contribution >= 4 is 76.1 Å². The summed E-state index contributed by atoms with van der Waals surface area (Å²) in [7, 11) is 0. The predicted molar refractivity (Wildman–Crippen MR) is 276 cm³/mol. The minimum absolute atomic E-state index is 0.0349. The number of unbranched alkanes of at least 4 members (excludes halogenated alkanes) is 6. The summed E-state index contributed by atoms with van der Waals surface area (Å²) in [6, 6.07) is 9.27. The Morgan fingerprint density at radius 2 is 0.912 bits per heavy atom. The van der Waals surface area contributed by atoms with Crippen LogP contribution in [0.5, 0.6) is 11.8 Å². The molecule has 80 heavy (non-hydrogen) atoms. The quantitative estimate of drug-likeness (QED) is 0.0146. The Balaban J connectivity index is 1.15. The molecule has 2 amide bonds. The number of amides is 2. The van der Waals surface area contributed by atoms with Crippen molar-refractivity contribution in [2.45, 2.75) is 78.3 Å². The molecule has 2 heterocycles. The Bertz CT molecular complexity index is 3420. The van der Waals surface area contributed by atoms with Crippen LogP contribution < -0.4 is 21.8 Å². The van der Waals surface area contributed by atoms with Gasteiger partial charge in [-0.15, -0.1) is 20.5 Å². The number of aromatic nitrogens is 2. The molecule has 2 aromatic heterocycles. The number of nitriles is 1. The fraction of sp³-hybridized carbons (Fsp3) is 0.269. The molecule has 0 saturated heterocycles. The first kappa shape index (κ1) is 60.0. The molecule has 5 rings (SSSR count). The number of aromatic hydroxyl groups is 2. The molecular formula is C52H48N10O18. The second-order valence-corrected chi connectivity index (χ2v) is 17.4. The monoisotopic (exact) mass is 1100 g/mol. The van der Waals surface area contributed by atoms with Gasteiger partial charge in [-0.25, -0.2) is 33.6 Å². The third kappa shape index (κ3) is 13.9. The number of carbonyl (C=O) groups is 8. The number of nitrogens with one attached hydrogen (secondary N) is 2. The lowest BCUT2D eigenvalue weighted by Crippen LogP contribution is -2.30. The van der Waals surface area contributed by atoms with Gasteiger partial charge in [-0.05, 0) is 93.6 Å². The number of hydrogen-bond acceptors (Lipinski definition) is 17. The van der Waals surface area contributed by atoms with Gasteiger partial charge in [0.15, 0.2) is 11.6 Å². The third-order valence-electron chi connectivity index (χ3n) is 12.3. The van der Waals surface area contributed by atoms with Gasteiger partial charge in [0.1, 0.15) is 28.7 Å². The van der Waals surface area contributed by atoms with Crippen LogP contribution in [0.4, 0.5) is 28.4 Å². The van der Waals surface area contributed by atoms with Gasteiger partial charge in [-0.1, -0.05) is 25.7 Å². The van der Waals surface area contributed by atoms with Crippen LogP contribution in [0.2, 0.25) is 0 Å². The van der Waals surface area contributed by atoms with E-state index in [9.17, 15) is 94.1 Å². The second kappa shape index (κ2) is 26.7. The van der Waals surface area contributed by atoms with Crippen LogP contribution in [0.1, 0.15) is 151 Å². The third-order valence-corrected chi connectivity index (χ3v) is 12.3. The van der Waals surface area contributed by atoms with Gasteiger partial charge in [0.2, 0.25) is 11.6 Å². The van der Waals surface area contributed by atoms with Crippen LogP contribution >= 0.6 is 0 Å². The number of hydrogen-bond donors (Lipinski definition) is 10. The molecule has 0 bridgehead atoms. The van der Waals surface area contributed by atoms with Crippen molar-refractivity contribution in [1.82, 2.24) is 19.8 Å². The van der Waals surface area contributed by atoms with Crippen molar-refractivity contribution in [2.75, 3.05) is 13.1 Å². The highest BCUT2D eigenvalue weighted by Gasteiger charge is 2.27. The predicted octanol–water partition coefficient (Wildman–Crippen LogP) is 7.46. The molecule has 0 aliphatic carbocycles. The molecule has 28 nitrogen and oxygen atoms in total. The smallest absolute Gasteiger partial charge is 0.337 e. The Morgan fingerprint density at radius 1 is 0.525 bits per heavy atom. The summed E-state index contributed by atoms with van der Waals surface area (Å²) in [5, 5.41) is 109. The fourth-order valence-electron chi connectivity index (χ4n) is 8.00. The van der Waals surface area contributed by atoms with Crippen LogP contribution in [-0.4, -0.2) is 111 Å². The summed E-state index contributed by atoms with van der Waals surface area (Å²) >= 11 is 0. The van der Waals surface area contributed by atoms with Crippen molar-refractivity contribution in [3.05, 3.63) is 142 Å². The van der Waals surface area contributed by atoms with Gasteiger partial charge in [-0.2, -0.15) is 5.26 Å². The van der Waals surface area contributed by atoms with Crippen LogP contribution in [0.3, 0.4) is 0 Å². The molecule has 0 aliphatic rings. The first-order valence-electron chi connectivity index (χ1n) is 23.9. The van der Waals surface area contributed by atoms with Gasteiger partial charge in [0.25, 0.3) is 22.9 Å². The van der Waals surface area contributed by atoms with E-state index in [1.54, 1.807) is 6.07 Å². The van der Waals surface area contributed by atoms with Crippen molar-refractivity contribution in [3.63, 3.8) is 0 Å². The lowest BCUT2D eigenvalue weighted by atomic mass is 9.96. The number of carboxylic acid groups (broad SMARTS) is 6. The summed E-state index contributed by atoms with van der Waals surface area (Å²) in [5.74, 6) is -12.2. The van der Waals surface area contributed by atoms with Crippen LogP contribution in [-0.2, 0) is 13.1 Å². The first-order chi connectivity index (χ1) is 37.9. The van der Waals surface area contributed by atoms with E-state index in [-0.39, 0.29) is 84.6 Å². The van der Waals surface area contributed by atoms with E-state index in [4.69, 9.17) is 6.57 Å². The van der Waals surface area contributed by atoms with Gasteiger partial charge in [-0.3, -0.25) is 28.3 Å². The summed E-state index contributed by atoms with van der Waals surface area (Å²) < 4.78 is 1.73. The molecular weight excluding hydrogens is 1050 g/mol. The summed E-state index contributed by atoms with van der Waals surface area (Å²) in [4.78, 5) is 128. The van der Waals surface area contributed by atoms with Crippen LogP contribution in [0.15, 0.2) is 78.6 Å². The van der Waals surface area contributed by atoms with E-state index in [2.05, 4.69) is 35.9 Å². The van der Waals surface area contributed by atoms with E-state index in [0.29, 0.717) is 32.1 Å². The number of carbonyl (C=O) groups excluding carboxylic acids is 2. The highest BCUT2D eigenvalue weighted by molar-refractivity contribution is 6.12. The Hall–Kier alpha value is -10.9. The number of benzene rings is 3. The number of pyridine rings is 2. The molecule has 0 spiro atoms. The van der Waals surface area contributed by atoms with Gasteiger partial charge < -0.3 is 51.5 Å². The summed E-state index contributed by atoms with van der Waals surface area (Å²) in [6.07, 6.45) is 2.60. The van der Waals surface area contributed by atoms with Crippen molar-refractivity contribution in [1.29, 1.82) is 5.26 Å². The Labute approximate surface area is 450 Å². The topological polar surface area (TPSA) is 444 Å². The molecule has 0 unspecified atom stereocenters. The molecule has 3 aromatic carbocycles. The van der Waals surface area contributed by atoms with Crippen molar-refractivity contribution in [2.24, 2.45) is 20.5 Å². The zero-order valence-electron chi connectivity index (χ0n) is 42.3. The van der Waals surface area contributed by atoms with Crippen LogP contribution in [0, 0.1) is 31.8 Å². The molecule has 5 aromatic rings. The molecule has 0 fully saturated rings. The number of carboxylic acids is 6. The Kier molecular flexibility index (Phi) is 20.0. The zero-order chi connectivity index (χ0) is 59.1. The molecule has 0 aliphatic heterocycles. The van der Waals surface area contributed by atoms with E-state index >= 15 is 0 Å². The maximum atomic E-state index is 13.5. The van der Waals surface area contributed by atoms with E-state index in [1.807, 2.05) is 0 Å². The Morgan fingerprint density at radius 3 is 1.29 bits per heavy atom. The summed E-state index contributed by atoms with van der Waals surface area (Å²) in [5.41, 5.74) is -8.11. The second-order valence-electron chi connectivity index (χ2n) is 17.4. The van der Waals surface area contributed by atoms with E-state index in [1.165, 1.54) is 13.8 Å². The SMILES string of the molecule is [C-]#[N+]c1c(C)c(N=Nc2cc(C(=O)O)ccc2C(=O)O)c(=O)n(CCCCCCNC(=O)c2cc(C(=O)O)c(C(=O)NCCCCCCn3c(O)c(C#N)c(C)c(N=Nc4cc(C(=O)O)ccc4C(=O)O)c3=O)cc2C(=O)O)c1O. The van der Waals surface area contributed by atoms with E-state index in [0.717, 1.165) is 57.7 Å². The van der Waals surface area contributed by atoms with Gasteiger partial charge in [0, 0.05) is 31.7 Å². The lowest BCUT2D eigenvalue weighted by Gasteiger charge is -2.14. The largest absolute Gasteiger partial charge is 0.503 e. The molecule has 414 valence electrons. The first-order valence-corrected chi connectivity index (χ1v) is 23.9. The van der Waals surface area contributed by atoms with Crippen molar-refractivity contribution < 1.29 is 79.2 Å². The number of azo groups is 2. The van der Waals surface area contributed by atoms with Gasteiger partial charge >= 0.3 is 35.8 Å². The average molecular weight is 1100 g/mol. The minimum atomic E-state index is -1.65. The van der Waals surface area contributed by atoms with Gasteiger partial charge in [0.05, 0.1) is 51.1 Å². The molecule has 0 saturated carbocycles. The number of aromatic carboxylic acids is 6. The molecule has 0 atom stereocenters. The standard InChI is InChI=1S/C52H48N10O18/c1-25-35(24-53)43(65)61(45(67)39(25)59-57-36-20-27(47(69)70)12-14-29(36)49(73)74)18-10-6-4-8-16-55-41(63)31-22-34(52(79)80)32(23-33(31)51(77)78)42(64)56-17-9-5-7-11-19-62-44(66)38(54-3)26(2)40(46(62)68)60-58-37-21-28(48(71)72)13-15-30(37)50(75)76/h12-15,20-23,65-66H,4-11,16-19H2,1-2H3,(H,55,63)(H,56,64)(H,69,70)(H,71,72)(H,73,74)(H,75,76)(H,77,78)(H,79,80). The zero-order valence-corrected chi connectivity index (χ0v) is 42.3. The van der Waals surface area contributed by atoms with Crippen LogP contribution in [0.25, 0.3) is 4.85 Å². The highest BCUT2D eigenvalue weighted by Crippen LogP contribution is 2.36. The average Bonchev–Trinajstić information content (AvgIpc) is 3.41. The molecule has 10 N–H and O–H groups in total. The van der Waals surface area contributed by atoms with E-state index < -0.39 is 121 Å². The fourth-order valence-corrected chi connectivity index (χ4v) is 8.00.